The molecule has 0 saturated heterocycles. The van der Waals surface area contributed by atoms with Crippen LogP contribution in [0.3, 0.4) is 0 Å². The molecule has 0 unspecified atom stereocenters. The van der Waals surface area contributed by atoms with Crippen LogP contribution >= 0.6 is 0 Å². The zero-order valence-electron chi connectivity index (χ0n) is 7.57. The minimum Gasteiger partial charge on any atom is -0.550 e. The summed E-state index contributed by atoms with van der Waals surface area (Å²) in [7, 11) is 0. The first-order valence-corrected chi connectivity index (χ1v) is 2.89. The Hall–Kier alpha value is -0.807. The second kappa shape index (κ2) is 17.3. The fourth-order valence-electron chi connectivity index (χ4n) is 0.166. The van der Waals surface area contributed by atoms with Gasteiger partial charge in [0.2, 0.25) is 0 Å². The van der Waals surface area contributed by atoms with E-state index in [0.717, 1.165) is 13.1 Å². The summed E-state index contributed by atoms with van der Waals surface area (Å²) in [5, 5.41) is 18.4. The number of nitrogens with zero attached hydrogens (tertiary/aromatic N) is 1. The second-order valence-corrected chi connectivity index (χ2v) is 1.44. The van der Waals surface area contributed by atoms with Gasteiger partial charge in [0.1, 0.15) is 0 Å². The summed E-state index contributed by atoms with van der Waals surface area (Å²) < 4.78 is 0. The van der Waals surface area contributed by atoms with Gasteiger partial charge < -0.3 is 25.3 Å². The molecule has 0 atom stereocenters. The molecule has 2 N–H and O–H groups in total. The van der Waals surface area contributed by atoms with E-state index in [0.29, 0.717) is 6.54 Å². The maximum Gasteiger partial charge on any atom is 2.00 e. The van der Waals surface area contributed by atoms with E-state index >= 15 is 0 Å². The summed E-state index contributed by atoms with van der Waals surface area (Å²) in [5.74, 6) is -2.32. The van der Waals surface area contributed by atoms with Crippen molar-refractivity contribution in [3.05, 3.63) is 0 Å². The van der Waals surface area contributed by atoms with E-state index in [4.69, 9.17) is 9.90 Å². The van der Waals surface area contributed by atoms with Crippen LogP contribution in [0.2, 0.25) is 0 Å². The number of hydrogen-bond donors (Lipinski definition) is 0. The predicted molar refractivity (Wildman–Crippen MR) is 38.3 cm³/mol. The van der Waals surface area contributed by atoms with Gasteiger partial charge in [-0.1, -0.05) is 0 Å². The average molecular weight is 243 g/mol. The molecule has 0 aliphatic heterocycles. The molecular weight excluding hydrogens is 231 g/mol. The first kappa shape index (κ1) is 22.8. The molecule has 0 amide bonds. The summed E-state index contributed by atoms with van der Waals surface area (Å²) in [6, 6.07) is 0. The van der Waals surface area contributed by atoms with Crippen LogP contribution in [0.1, 0.15) is 13.8 Å². The number of carbonyl (C=O) groups excluding carboxylic acids is 2. The van der Waals surface area contributed by atoms with E-state index in [1.165, 1.54) is 0 Å². The number of carbonyl (C=O) groups is 2. The molecule has 0 bridgehead atoms. The van der Waals surface area contributed by atoms with Crippen LogP contribution in [-0.2, 0) is 29.1 Å². The van der Waals surface area contributed by atoms with Crippen LogP contribution in [0.4, 0.5) is 0 Å². The molecule has 72 valence electrons. The molecule has 0 radical (unpaired) electrons. The van der Waals surface area contributed by atoms with Crippen LogP contribution in [0, 0.1) is 0 Å². The molecule has 0 aromatic carbocycles. The first-order valence-electron chi connectivity index (χ1n) is 2.89. The third-order valence-corrected chi connectivity index (χ3v) is 0.379. The number of carboxylic acids is 2. The molecular formula is C6H11NO5Zn. The summed E-state index contributed by atoms with van der Waals surface area (Å²) in [6.07, 6.45) is 0.778. The SMILES string of the molecule is CC(=O)[O-].CCN=CC(=O)[O-].O.[Zn+2]. The van der Waals surface area contributed by atoms with E-state index in [1.54, 1.807) is 6.92 Å². The standard InChI is InChI=1S/C4H7NO2.C2H4O2.H2O.Zn/c1-2-5-3-4(6)7;1-2(3)4;;/h3H,2H2,1H3,(H,6,7);1H3,(H,3,4);1H2;/q;;;+2/p-2. The molecule has 0 fully saturated rings. The van der Waals surface area contributed by atoms with Crippen molar-refractivity contribution in [3.63, 3.8) is 0 Å². The molecule has 0 heterocycles. The van der Waals surface area contributed by atoms with Gasteiger partial charge in [0.15, 0.2) is 0 Å². The minimum absolute atomic E-state index is 0. The van der Waals surface area contributed by atoms with Crippen LogP contribution in [0.15, 0.2) is 4.99 Å². The van der Waals surface area contributed by atoms with Crippen molar-refractivity contribution in [2.75, 3.05) is 6.54 Å². The van der Waals surface area contributed by atoms with Crippen molar-refractivity contribution >= 4 is 18.2 Å². The minimum atomic E-state index is -1.23. The molecule has 13 heavy (non-hydrogen) atoms. The largest absolute Gasteiger partial charge is 2.00 e. The van der Waals surface area contributed by atoms with Gasteiger partial charge in [0.05, 0.1) is 5.97 Å². The molecule has 7 heteroatoms. The molecule has 6 nitrogen and oxygen atoms in total. The smallest absolute Gasteiger partial charge is 0.550 e. The Kier molecular flexibility index (Phi) is 30.3. The Labute approximate surface area is 88.7 Å². The second-order valence-electron chi connectivity index (χ2n) is 1.44. The molecule has 0 saturated carbocycles. The Balaban J connectivity index is -0.0000000600. The number of hydrogen-bond acceptors (Lipinski definition) is 5. The van der Waals surface area contributed by atoms with Crippen molar-refractivity contribution < 1.29 is 44.8 Å². The van der Waals surface area contributed by atoms with Crippen LogP contribution in [-0.4, -0.2) is 30.2 Å². The van der Waals surface area contributed by atoms with E-state index in [2.05, 4.69) is 4.99 Å². The molecule has 0 aliphatic carbocycles. The van der Waals surface area contributed by atoms with Gasteiger partial charge in [-0.3, -0.25) is 4.99 Å². The fourth-order valence-corrected chi connectivity index (χ4v) is 0.166. The normalized spacial score (nSPS) is 7.23. The molecule has 0 aromatic rings. The average Bonchev–Trinajstić information content (AvgIpc) is 1.82. The van der Waals surface area contributed by atoms with Crippen molar-refractivity contribution in [2.24, 2.45) is 4.99 Å². The molecule has 0 spiro atoms. The quantitative estimate of drug-likeness (QED) is 0.372. The maximum atomic E-state index is 9.50. The van der Waals surface area contributed by atoms with Crippen molar-refractivity contribution in [2.45, 2.75) is 13.8 Å². The van der Waals surface area contributed by atoms with Crippen LogP contribution in [0.25, 0.3) is 0 Å². The van der Waals surface area contributed by atoms with Crippen molar-refractivity contribution in [3.8, 4) is 0 Å². The predicted octanol–water partition coefficient (Wildman–Crippen LogP) is -3.24. The maximum absolute atomic E-state index is 9.50. The fraction of sp³-hybridized carbons (Fsp3) is 0.500. The third kappa shape index (κ3) is 92.8. The van der Waals surface area contributed by atoms with Gasteiger partial charge in [0, 0.05) is 18.7 Å². The Morgan fingerprint density at radius 1 is 1.38 bits per heavy atom. The zero-order chi connectivity index (χ0) is 9.28. The Morgan fingerprint density at radius 3 is 1.77 bits per heavy atom. The van der Waals surface area contributed by atoms with Gasteiger partial charge >= 0.3 is 19.5 Å². The van der Waals surface area contributed by atoms with Gasteiger partial charge in [-0.15, -0.1) is 0 Å². The number of aliphatic imine (C=N–C) groups is 1. The Morgan fingerprint density at radius 2 is 1.69 bits per heavy atom. The topological polar surface area (TPSA) is 124 Å². The third-order valence-electron chi connectivity index (χ3n) is 0.379. The van der Waals surface area contributed by atoms with Crippen molar-refractivity contribution in [1.82, 2.24) is 0 Å². The zero-order valence-corrected chi connectivity index (χ0v) is 10.5. The van der Waals surface area contributed by atoms with Gasteiger partial charge in [-0.25, -0.2) is 0 Å². The van der Waals surface area contributed by atoms with Crippen molar-refractivity contribution in [1.29, 1.82) is 0 Å². The number of aliphatic carboxylic acids is 2. The molecule has 0 aromatic heterocycles. The van der Waals surface area contributed by atoms with Gasteiger partial charge in [-0.05, 0) is 13.8 Å². The summed E-state index contributed by atoms with van der Waals surface area (Å²) >= 11 is 0. The first-order chi connectivity index (χ1) is 5.00. The molecule has 0 aliphatic rings. The summed E-state index contributed by atoms with van der Waals surface area (Å²) in [4.78, 5) is 21.8. The monoisotopic (exact) mass is 241 g/mol. The van der Waals surface area contributed by atoms with E-state index in [1.807, 2.05) is 0 Å². The number of rotatable bonds is 2. The van der Waals surface area contributed by atoms with Crippen LogP contribution < -0.4 is 10.2 Å². The molecule has 0 rings (SSSR count). The number of carboxylic acid groups (broad SMARTS) is 2. The van der Waals surface area contributed by atoms with E-state index in [9.17, 15) is 9.90 Å². The Bertz CT molecular complexity index is 155. The van der Waals surface area contributed by atoms with Crippen LogP contribution in [0.5, 0.6) is 0 Å². The van der Waals surface area contributed by atoms with E-state index < -0.39 is 11.9 Å². The van der Waals surface area contributed by atoms with E-state index in [-0.39, 0.29) is 25.0 Å². The summed E-state index contributed by atoms with van der Waals surface area (Å²) in [5.41, 5.74) is 0. The van der Waals surface area contributed by atoms with Gasteiger partial charge in [0.25, 0.3) is 0 Å². The summed E-state index contributed by atoms with van der Waals surface area (Å²) in [6.45, 7) is 3.22. The van der Waals surface area contributed by atoms with Gasteiger partial charge in [-0.2, -0.15) is 0 Å².